The molecular formula is C36H46BrClN6O3. The van der Waals surface area contributed by atoms with Gasteiger partial charge in [0, 0.05) is 85.7 Å². The summed E-state index contributed by atoms with van der Waals surface area (Å²) in [7, 11) is 2.07. The molecule has 2 atom stereocenters. The van der Waals surface area contributed by atoms with Crippen molar-refractivity contribution in [2.45, 2.75) is 77.0 Å². The van der Waals surface area contributed by atoms with Crippen LogP contribution >= 0.6 is 27.5 Å². The van der Waals surface area contributed by atoms with Crippen LogP contribution in [0.1, 0.15) is 74.9 Å². The van der Waals surface area contributed by atoms with Crippen LogP contribution in [0.25, 0.3) is 0 Å². The van der Waals surface area contributed by atoms with Gasteiger partial charge in [-0.15, -0.1) is 0 Å². The summed E-state index contributed by atoms with van der Waals surface area (Å²) >= 11 is 10.1. The standard InChI is InChI=1S/C36H46BrClN6O3/c1-36(2,3)47-35(46)44-18-17-42(34-31-11-10-28(38)20-25(31)8-9-26-19-27(37)22-39-33(26)34)23-30(44)21-32(45)43-13-6-5-7-29(43)12-14-41-16-15-40(4)24-41/h10-11,15-16,19-22,29,34H,5-9,12-14,17-18,23-24H2,1-4H3/b30-21+. The number of rotatable bonds is 5. The lowest BCUT2D eigenvalue weighted by atomic mass is 9.95. The van der Waals surface area contributed by atoms with E-state index < -0.39 is 11.7 Å². The predicted molar refractivity (Wildman–Crippen MR) is 188 cm³/mol. The quantitative estimate of drug-likeness (QED) is 0.323. The summed E-state index contributed by atoms with van der Waals surface area (Å²) in [5.74, 6) is -0.0373. The molecule has 2 unspecified atom stereocenters. The number of carbonyl (C=O) groups is 2. The van der Waals surface area contributed by atoms with Gasteiger partial charge in [-0.25, -0.2) is 4.79 Å². The Hall–Kier alpha value is -3.08. The van der Waals surface area contributed by atoms with Crippen LogP contribution in [-0.4, -0.2) is 99.6 Å². The van der Waals surface area contributed by atoms with Crippen molar-refractivity contribution in [2.75, 3.05) is 46.4 Å². The van der Waals surface area contributed by atoms with Crippen LogP contribution in [0.5, 0.6) is 0 Å². The number of halogens is 2. The van der Waals surface area contributed by atoms with Gasteiger partial charge in [0.25, 0.3) is 0 Å². The largest absolute Gasteiger partial charge is 0.443 e. The Morgan fingerprint density at radius 1 is 1.09 bits per heavy atom. The van der Waals surface area contributed by atoms with Crippen molar-refractivity contribution in [1.82, 2.24) is 29.5 Å². The zero-order valence-corrected chi connectivity index (χ0v) is 30.3. The summed E-state index contributed by atoms with van der Waals surface area (Å²) in [6.45, 7) is 9.51. The molecule has 4 heterocycles. The fourth-order valence-corrected chi connectivity index (χ4v) is 7.83. The summed E-state index contributed by atoms with van der Waals surface area (Å²) in [5, 5.41) is 0.715. The van der Waals surface area contributed by atoms with Crippen LogP contribution in [0.2, 0.25) is 5.02 Å². The van der Waals surface area contributed by atoms with E-state index >= 15 is 0 Å². The number of nitrogens with zero attached hydrogens (tertiary/aromatic N) is 6. The first-order valence-corrected chi connectivity index (χ1v) is 17.9. The van der Waals surface area contributed by atoms with Crippen molar-refractivity contribution in [3.05, 3.63) is 86.5 Å². The number of aromatic nitrogens is 1. The average molecular weight is 726 g/mol. The summed E-state index contributed by atoms with van der Waals surface area (Å²) in [4.78, 5) is 43.2. The maximum atomic E-state index is 14.2. The second-order valence-corrected chi connectivity index (χ2v) is 15.5. The topological polar surface area (TPSA) is 72.5 Å². The average Bonchev–Trinajstić information content (AvgIpc) is 3.37. The van der Waals surface area contributed by atoms with Gasteiger partial charge >= 0.3 is 6.09 Å². The number of pyridine rings is 1. The molecule has 0 bridgehead atoms. The first kappa shape index (κ1) is 33.8. The maximum Gasteiger partial charge on any atom is 0.414 e. The summed E-state index contributed by atoms with van der Waals surface area (Å²) in [6, 6.07) is 8.29. The molecule has 9 nitrogen and oxygen atoms in total. The zero-order chi connectivity index (χ0) is 33.3. The Morgan fingerprint density at radius 3 is 2.66 bits per heavy atom. The molecule has 4 aliphatic rings. The number of likely N-dealkylation sites (tertiary alicyclic amines) is 1. The number of hydrogen-bond acceptors (Lipinski definition) is 7. The highest BCUT2D eigenvalue weighted by Crippen LogP contribution is 2.39. The smallest absolute Gasteiger partial charge is 0.414 e. The third kappa shape index (κ3) is 7.98. The molecule has 0 N–H and O–H groups in total. The number of amides is 2. The first-order valence-electron chi connectivity index (χ1n) is 16.8. The lowest BCUT2D eigenvalue weighted by Gasteiger charge is -2.42. The van der Waals surface area contributed by atoms with E-state index in [1.54, 1.807) is 11.0 Å². The summed E-state index contributed by atoms with van der Waals surface area (Å²) < 4.78 is 6.80. The fraction of sp³-hybridized carbons (Fsp3) is 0.528. The number of ether oxygens (including phenoxy) is 1. The van der Waals surface area contributed by atoms with Crippen molar-refractivity contribution in [2.24, 2.45) is 0 Å². The van der Waals surface area contributed by atoms with Gasteiger partial charge in [0.1, 0.15) is 5.60 Å². The van der Waals surface area contributed by atoms with Crippen LogP contribution in [0.3, 0.4) is 0 Å². The molecule has 47 heavy (non-hydrogen) atoms. The van der Waals surface area contributed by atoms with Gasteiger partial charge in [0.05, 0.1) is 18.4 Å². The Morgan fingerprint density at radius 2 is 1.89 bits per heavy atom. The van der Waals surface area contributed by atoms with Gasteiger partial charge in [0.15, 0.2) is 0 Å². The third-order valence-electron chi connectivity index (χ3n) is 9.48. The highest BCUT2D eigenvalue weighted by atomic mass is 79.9. The number of carbonyl (C=O) groups excluding carboxylic acids is 2. The minimum Gasteiger partial charge on any atom is -0.443 e. The highest BCUT2D eigenvalue weighted by molar-refractivity contribution is 9.10. The number of fused-ring (bicyclic) bond motifs is 2. The van der Waals surface area contributed by atoms with E-state index in [0.717, 1.165) is 74.0 Å². The molecule has 1 aliphatic carbocycles. The molecule has 2 amide bonds. The van der Waals surface area contributed by atoms with E-state index in [9.17, 15) is 9.59 Å². The van der Waals surface area contributed by atoms with Gasteiger partial charge < -0.3 is 19.4 Å². The molecule has 3 aliphatic heterocycles. The van der Waals surface area contributed by atoms with Crippen molar-refractivity contribution in [3.8, 4) is 0 Å². The maximum absolute atomic E-state index is 14.2. The van der Waals surface area contributed by atoms with E-state index in [4.69, 9.17) is 21.3 Å². The predicted octanol–water partition coefficient (Wildman–Crippen LogP) is 6.57. The van der Waals surface area contributed by atoms with Gasteiger partial charge in [-0.05, 0) is 110 Å². The Balaban J connectivity index is 1.31. The molecule has 252 valence electrons. The Bertz CT molecular complexity index is 1500. The molecular weight excluding hydrogens is 680 g/mol. The number of aryl methyl sites for hydroxylation is 2. The molecule has 11 heteroatoms. The van der Waals surface area contributed by atoms with E-state index in [1.165, 1.54) is 11.1 Å². The number of benzene rings is 1. The zero-order valence-electron chi connectivity index (χ0n) is 27.9. The molecule has 6 rings (SSSR count). The van der Waals surface area contributed by atoms with Crippen molar-refractivity contribution in [1.29, 1.82) is 0 Å². The molecule has 2 saturated heterocycles. The van der Waals surface area contributed by atoms with Crippen LogP contribution in [0.15, 0.2) is 59.1 Å². The molecule has 0 saturated carbocycles. The SMILES string of the molecule is CN1C=CN(CCC2CCCCN2C(=O)/C=C2\CN(C3c4ccc(Cl)cc4CCc4cc(Br)cnc43)CCN2C(=O)OC(C)(C)C)C1. The number of piperazine rings is 1. The van der Waals surface area contributed by atoms with E-state index in [2.05, 4.69) is 68.3 Å². The molecule has 0 spiro atoms. The van der Waals surface area contributed by atoms with Crippen molar-refractivity contribution < 1.29 is 14.3 Å². The van der Waals surface area contributed by atoms with Gasteiger partial charge in [-0.2, -0.15) is 0 Å². The van der Waals surface area contributed by atoms with Crippen molar-refractivity contribution >= 4 is 39.5 Å². The molecule has 1 aromatic carbocycles. The Kier molecular flexibility index (Phi) is 10.2. The van der Waals surface area contributed by atoms with Crippen LogP contribution in [0.4, 0.5) is 4.79 Å². The number of hydrogen-bond donors (Lipinski definition) is 0. The summed E-state index contributed by atoms with van der Waals surface area (Å²) in [6.07, 6.45) is 13.1. The first-order chi connectivity index (χ1) is 22.4. The van der Waals surface area contributed by atoms with Gasteiger partial charge in [-0.3, -0.25) is 19.6 Å². The Labute approximate surface area is 292 Å². The lowest BCUT2D eigenvalue weighted by molar-refractivity contribution is -0.129. The van der Waals surface area contributed by atoms with E-state index in [-0.39, 0.29) is 18.0 Å². The highest BCUT2D eigenvalue weighted by Gasteiger charge is 2.37. The molecule has 2 aromatic rings. The summed E-state index contributed by atoms with van der Waals surface area (Å²) in [5.41, 5.74) is 4.55. The minimum absolute atomic E-state index is 0.0373. The van der Waals surface area contributed by atoms with Gasteiger partial charge in [-0.1, -0.05) is 17.7 Å². The minimum atomic E-state index is -0.658. The normalized spacial score (nSPS) is 22.7. The molecule has 1 aromatic heterocycles. The van der Waals surface area contributed by atoms with E-state index in [0.29, 0.717) is 30.4 Å². The third-order valence-corrected chi connectivity index (χ3v) is 10.1. The van der Waals surface area contributed by atoms with Crippen LogP contribution < -0.4 is 0 Å². The monoisotopic (exact) mass is 724 g/mol. The fourth-order valence-electron chi connectivity index (χ4n) is 7.26. The second-order valence-electron chi connectivity index (χ2n) is 14.2. The lowest BCUT2D eigenvalue weighted by Crippen LogP contribution is -2.51. The van der Waals surface area contributed by atoms with Crippen LogP contribution in [0, 0.1) is 0 Å². The molecule has 0 radical (unpaired) electrons. The van der Waals surface area contributed by atoms with Crippen LogP contribution in [-0.2, 0) is 22.4 Å². The molecule has 2 fully saturated rings. The van der Waals surface area contributed by atoms with Crippen molar-refractivity contribution in [3.63, 3.8) is 0 Å². The van der Waals surface area contributed by atoms with E-state index in [1.807, 2.05) is 37.9 Å². The second kappa shape index (κ2) is 14.2. The number of piperidine rings is 1. The van der Waals surface area contributed by atoms with Gasteiger partial charge in [0.2, 0.25) is 5.91 Å².